The van der Waals surface area contributed by atoms with Crippen molar-refractivity contribution in [3.05, 3.63) is 29.1 Å². The van der Waals surface area contributed by atoms with Crippen LogP contribution >= 0.6 is 0 Å². The normalized spacial score (nSPS) is 9.38. The molecule has 0 unspecified atom stereocenters. The van der Waals surface area contributed by atoms with E-state index >= 15 is 0 Å². The van der Waals surface area contributed by atoms with Crippen molar-refractivity contribution in [1.82, 2.24) is 0 Å². The lowest BCUT2D eigenvalue weighted by molar-refractivity contribution is 0.408. The summed E-state index contributed by atoms with van der Waals surface area (Å²) in [6.45, 7) is 1.94. The Hall–Kier alpha value is -1.49. The highest BCUT2D eigenvalue weighted by Gasteiger charge is 2.06. The molecule has 1 aromatic rings. The van der Waals surface area contributed by atoms with E-state index in [4.69, 9.17) is 11.2 Å². The Kier molecular flexibility index (Phi) is 2.92. The van der Waals surface area contributed by atoms with Gasteiger partial charge in [0.2, 0.25) is 0 Å². The van der Waals surface area contributed by atoms with Crippen LogP contribution in [0.15, 0.2) is 12.1 Å². The molecule has 0 fully saturated rings. The van der Waals surface area contributed by atoms with Crippen molar-refractivity contribution in [2.24, 2.45) is 0 Å². The number of methoxy groups -OCH3 is 1. The van der Waals surface area contributed by atoms with Crippen LogP contribution in [0.25, 0.3) is 0 Å². The van der Waals surface area contributed by atoms with E-state index in [1.165, 1.54) is 6.07 Å². The van der Waals surface area contributed by atoms with Crippen molar-refractivity contribution in [3.8, 4) is 18.1 Å². The molecule has 1 aromatic carbocycles. The molecule has 0 radical (unpaired) electrons. The lowest BCUT2D eigenvalue weighted by Gasteiger charge is -2.07. The average Bonchev–Trinajstić information content (AvgIpc) is 2.17. The van der Waals surface area contributed by atoms with Crippen LogP contribution in [-0.2, 0) is 6.42 Å². The van der Waals surface area contributed by atoms with Gasteiger partial charge in [0.25, 0.3) is 0 Å². The van der Waals surface area contributed by atoms with Gasteiger partial charge < -0.3 is 4.74 Å². The van der Waals surface area contributed by atoms with E-state index in [9.17, 15) is 4.39 Å². The van der Waals surface area contributed by atoms with Gasteiger partial charge in [-0.2, -0.15) is 0 Å². The molecular formula is C11H11FO. The molecule has 0 aliphatic rings. The fraction of sp³-hybridized carbons (Fsp3) is 0.273. The molecule has 0 amide bonds. The standard InChI is InChI=1S/C11H11FO/c1-4-8-7-11(13-3)9(5-2)6-10(8)12/h1,6-7H,5H2,2-3H3. The molecule has 0 saturated heterocycles. The Balaban J connectivity index is 3.28. The van der Waals surface area contributed by atoms with Gasteiger partial charge in [0.15, 0.2) is 0 Å². The maximum Gasteiger partial charge on any atom is 0.139 e. The molecule has 1 rings (SSSR count). The number of rotatable bonds is 2. The smallest absolute Gasteiger partial charge is 0.139 e. The van der Waals surface area contributed by atoms with Crippen molar-refractivity contribution in [1.29, 1.82) is 0 Å². The highest BCUT2D eigenvalue weighted by Crippen LogP contribution is 2.22. The SMILES string of the molecule is C#Cc1cc(OC)c(CC)cc1F. The van der Waals surface area contributed by atoms with Crippen LogP contribution in [0.4, 0.5) is 4.39 Å². The number of hydrogen-bond acceptors (Lipinski definition) is 1. The van der Waals surface area contributed by atoms with Gasteiger partial charge in [0.1, 0.15) is 11.6 Å². The summed E-state index contributed by atoms with van der Waals surface area (Å²) in [5.74, 6) is 2.56. The Bertz CT molecular complexity index is 350. The predicted octanol–water partition coefficient (Wildman–Crippen LogP) is 2.38. The zero-order valence-electron chi connectivity index (χ0n) is 7.73. The maximum absolute atomic E-state index is 13.2. The largest absolute Gasteiger partial charge is 0.496 e. The summed E-state index contributed by atoms with van der Waals surface area (Å²) < 4.78 is 18.2. The quantitative estimate of drug-likeness (QED) is 0.632. The van der Waals surface area contributed by atoms with Crippen LogP contribution in [0.3, 0.4) is 0 Å². The van der Waals surface area contributed by atoms with Gasteiger partial charge in [-0.15, -0.1) is 6.42 Å². The first kappa shape index (κ1) is 9.60. The molecule has 2 heteroatoms. The van der Waals surface area contributed by atoms with Crippen LogP contribution in [0.1, 0.15) is 18.1 Å². The van der Waals surface area contributed by atoms with Crippen molar-refractivity contribution in [2.45, 2.75) is 13.3 Å². The zero-order valence-corrected chi connectivity index (χ0v) is 7.73. The Morgan fingerprint density at radius 2 is 2.23 bits per heavy atom. The van der Waals surface area contributed by atoms with Gasteiger partial charge in [-0.1, -0.05) is 12.8 Å². The minimum atomic E-state index is -0.361. The Morgan fingerprint density at radius 1 is 1.54 bits per heavy atom. The molecule has 0 aliphatic carbocycles. The summed E-state index contributed by atoms with van der Waals surface area (Å²) in [6, 6.07) is 2.97. The first-order valence-corrected chi connectivity index (χ1v) is 4.06. The van der Waals surface area contributed by atoms with Gasteiger partial charge in [-0.3, -0.25) is 0 Å². The molecule has 0 bridgehead atoms. The fourth-order valence-electron chi connectivity index (χ4n) is 1.17. The summed E-state index contributed by atoms with van der Waals surface area (Å²) >= 11 is 0. The molecule has 1 nitrogen and oxygen atoms in total. The van der Waals surface area contributed by atoms with E-state index in [-0.39, 0.29) is 11.4 Å². The summed E-state index contributed by atoms with van der Waals surface area (Å²) in [7, 11) is 1.55. The number of terminal acetylenes is 1. The van der Waals surface area contributed by atoms with E-state index in [0.717, 1.165) is 12.0 Å². The number of aryl methyl sites for hydroxylation is 1. The number of halogens is 1. The van der Waals surface area contributed by atoms with Crippen molar-refractivity contribution in [2.75, 3.05) is 7.11 Å². The number of ether oxygens (including phenoxy) is 1. The third kappa shape index (κ3) is 1.81. The average molecular weight is 178 g/mol. The predicted molar refractivity (Wildman–Crippen MR) is 50.3 cm³/mol. The lowest BCUT2D eigenvalue weighted by atomic mass is 10.1. The zero-order chi connectivity index (χ0) is 9.84. The van der Waals surface area contributed by atoms with E-state index in [2.05, 4.69) is 5.92 Å². The van der Waals surface area contributed by atoms with Gasteiger partial charge >= 0.3 is 0 Å². The van der Waals surface area contributed by atoms with Crippen molar-refractivity contribution >= 4 is 0 Å². The molecule has 0 spiro atoms. The third-order valence-electron chi connectivity index (χ3n) is 1.91. The molecule has 0 N–H and O–H groups in total. The summed E-state index contributed by atoms with van der Waals surface area (Å²) in [6.07, 6.45) is 5.85. The molecule has 13 heavy (non-hydrogen) atoms. The fourth-order valence-corrected chi connectivity index (χ4v) is 1.17. The van der Waals surface area contributed by atoms with Crippen LogP contribution in [0.5, 0.6) is 5.75 Å². The topological polar surface area (TPSA) is 9.23 Å². The molecule has 68 valence electrons. The summed E-state index contributed by atoms with van der Waals surface area (Å²) in [5.41, 5.74) is 1.08. The molecule has 0 aliphatic heterocycles. The Labute approximate surface area is 77.5 Å². The molecule has 0 heterocycles. The second-order valence-electron chi connectivity index (χ2n) is 2.64. The van der Waals surface area contributed by atoms with Gasteiger partial charge in [0, 0.05) is 0 Å². The van der Waals surface area contributed by atoms with Gasteiger partial charge in [-0.25, -0.2) is 4.39 Å². The molecular weight excluding hydrogens is 167 g/mol. The second-order valence-corrected chi connectivity index (χ2v) is 2.64. The maximum atomic E-state index is 13.2. The number of hydrogen-bond donors (Lipinski definition) is 0. The Morgan fingerprint density at radius 3 is 2.69 bits per heavy atom. The summed E-state index contributed by atoms with van der Waals surface area (Å²) in [4.78, 5) is 0. The van der Waals surface area contributed by atoms with E-state index < -0.39 is 0 Å². The van der Waals surface area contributed by atoms with E-state index in [1.807, 2.05) is 6.92 Å². The third-order valence-corrected chi connectivity index (χ3v) is 1.91. The molecule has 0 aromatic heterocycles. The molecule has 0 atom stereocenters. The highest BCUT2D eigenvalue weighted by atomic mass is 19.1. The number of benzene rings is 1. The van der Waals surface area contributed by atoms with E-state index in [0.29, 0.717) is 5.75 Å². The second kappa shape index (κ2) is 3.95. The first-order valence-electron chi connectivity index (χ1n) is 4.06. The van der Waals surface area contributed by atoms with Crippen molar-refractivity contribution < 1.29 is 9.13 Å². The monoisotopic (exact) mass is 178 g/mol. The van der Waals surface area contributed by atoms with Gasteiger partial charge in [0.05, 0.1) is 12.7 Å². The van der Waals surface area contributed by atoms with Crippen molar-refractivity contribution in [3.63, 3.8) is 0 Å². The lowest BCUT2D eigenvalue weighted by Crippen LogP contribution is -1.94. The van der Waals surface area contributed by atoms with Crippen LogP contribution in [-0.4, -0.2) is 7.11 Å². The highest BCUT2D eigenvalue weighted by molar-refractivity contribution is 5.44. The first-order chi connectivity index (χ1) is 6.22. The summed E-state index contributed by atoms with van der Waals surface area (Å²) in [5, 5.41) is 0. The minimum Gasteiger partial charge on any atom is -0.496 e. The van der Waals surface area contributed by atoms with Crippen LogP contribution in [0, 0.1) is 18.2 Å². The minimum absolute atomic E-state index is 0.244. The molecule has 0 saturated carbocycles. The van der Waals surface area contributed by atoms with Crippen LogP contribution < -0.4 is 4.74 Å². The van der Waals surface area contributed by atoms with E-state index in [1.54, 1.807) is 13.2 Å². The van der Waals surface area contributed by atoms with Crippen LogP contribution in [0.2, 0.25) is 0 Å². The van der Waals surface area contributed by atoms with Gasteiger partial charge in [-0.05, 0) is 24.1 Å².